The van der Waals surface area contributed by atoms with Crippen molar-refractivity contribution in [1.82, 2.24) is 19.9 Å². The van der Waals surface area contributed by atoms with Crippen LogP contribution >= 0.6 is 11.3 Å². The average Bonchev–Trinajstić information content (AvgIpc) is 3.41. The van der Waals surface area contributed by atoms with Crippen LogP contribution in [0.2, 0.25) is 0 Å². The van der Waals surface area contributed by atoms with Crippen LogP contribution in [0.25, 0.3) is 11.0 Å². The van der Waals surface area contributed by atoms with Gasteiger partial charge in [-0.25, -0.2) is 4.98 Å². The molecule has 2 N–H and O–H groups in total. The fourth-order valence-electron chi connectivity index (χ4n) is 3.73. The van der Waals surface area contributed by atoms with Gasteiger partial charge in [-0.15, -0.1) is 11.3 Å². The van der Waals surface area contributed by atoms with Crippen molar-refractivity contribution in [3.63, 3.8) is 0 Å². The van der Waals surface area contributed by atoms with Crippen molar-refractivity contribution in [3.05, 3.63) is 76.0 Å². The lowest BCUT2D eigenvalue weighted by Crippen LogP contribution is -2.26. The van der Waals surface area contributed by atoms with Crippen LogP contribution < -0.4 is 10.6 Å². The first kappa shape index (κ1) is 21.7. The number of amides is 2. The van der Waals surface area contributed by atoms with E-state index in [1.54, 1.807) is 23.6 Å². The zero-order valence-electron chi connectivity index (χ0n) is 18.1. The van der Waals surface area contributed by atoms with E-state index in [-0.39, 0.29) is 11.8 Å². The Kier molecular flexibility index (Phi) is 6.61. The van der Waals surface area contributed by atoms with E-state index in [1.807, 2.05) is 42.8 Å². The minimum Gasteiger partial charge on any atom is -0.352 e. The van der Waals surface area contributed by atoms with Gasteiger partial charge < -0.3 is 15.2 Å². The van der Waals surface area contributed by atoms with Crippen LogP contribution in [-0.2, 0) is 24.2 Å². The molecule has 0 unspecified atom stereocenters. The van der Waals surface area contributed by atoms with Gasteiger partial charge in [0.1, 0.15) is 5.82 Å². The molecule has 0 atom stereocenters. The van der Waals surface area contributed by atoms with Crippen LogP contribution in [0.3, 0.4) is 0 Å². The number of imidazole rings is 1. The summed E-state index contributed by atoms with van der Waals surface area (Å²) in [6.45, 7) is 4.57. The van der Waals surface area contributed by atoms with E-state index in [9.17, 15) is 9.59 Å². The maximum atomic E-state index is 13.3. The summed E-state index contributed by atoms with van der Waals surface area (Å²) in [5, 5.41) is 7.85. The SMILES string of the molecule is CCc1nc2cc(NC(C)=O)cc(C(=O)NCCc3cccs3)c2n1Cc1cccnc1. The molecule has 7 nitrogen and oxygen atoms in total. The second-order valence-electron chi connectivity index (χ2n) is 7.49. The summed E-state index contributed by atoms with van der Waals surface area (Å²) >= 11 is 1.67. The molecule has 0 aliphatic rings. The van der Waals surface area contributed by atoms with Crippen LogP contribution in [0.1, 0.15) is 40.5 Å². The highest BCUT2D eigenvalue weighted by Gasteiger charge is 2.20. The van der Waals surface area contributed by atoms with E-state index < -0.39 is 0 Å². The predicted molar refractivity (Wildman–Crippen MR) is 127 cm³/mol. The number of carbonyl (C=O) groups is 2. The van der Waals surface area contributed by atoms with Crippen LogP contribution in [0.4, 0.5) is 5.69 Å². The lowest BCUT2D eigenvalue weighted by atomic mass is 10.1. The summed E-state index contributed by atoms with van der Waals surface area (Å²) in [5.74, 6) is 0.490. The van der Waals surface area contributed by atoms with Gasteiger partial charge in [0.2, 0.25) is 5.91 Å². The van der Waals surface area contributed by atoms with Crippen molar-refractivity contribution in [2.45, 2.75) is 33.2 Å². The van der Waals surface area contributed by atoms with E-state index >= 15 is 0 Å². The molecular weight excluding hydrogens is 422 g/mol. The Morgan fingerprint density at radius 1 is 1.19 bits per heavy atom. The third-order valence-corrected chi connectivity index (χ3v) is 6.04. The molecule has 8 heteroatoms. The molecule has 0 fully saturated rings. The van der Waals surface area contributed by atoms with Gasteiger partial charge >= 0.3 is 0 Å². The Bertz CT molecular complexity index is 1230. The fraction of sp³-hybridized carbons (Fsp3) is 0.250. The summed E-state index contributed by atoms with van der Waals surface area (Å²) < 4.78 is 2.07. The van der Waals surface area contributed by atoms with Crippen LogP contribution in [0.5, 0.6) is 0 Å². The highest BCUT2D eigenvalue weighted by molar-refractivity contribution is 7.09. The molecule has 4 rings (SSSR count). The maximum Gasteiger partial charge on any atom is 0.253 e. The topological polar surface area (TPSA) is 88.9 Å². The maximum absolute atomic E-state index is 13.3. The normalized spacial score (nSPS) is 10.9. The van der Waals surface area contributed by atoms with Crippen molar-refractivity contribution in [2.24, 2.45) is 0 Å². The van der Waals surface area contributed by atoms with Gasteiger partial charge in [-0.3, -0.25) is 14.6 Å². The largest absolute Gasteiger partial charge is 0.352 e. The number of thiophene rings is 1. The number of carbonyl (C=O) groups excluding carboxylic acids is 2. The highest BCUT2D eigenvalue weighted by Crippen LogP contribution is 2.27. The summed E-state index contributed by atoms with van der Waals surface area (Å²) in [6.07, 6.45) is 5.04. The first-order valence-corrected chi connectivity index (χ1v) is 11.4. The molecule has 0 aliphatic heterocycles. The Labute approximate surface area is 190 Å². The molecule has 0 bridgehead atoms. The number of hydrogen-bond acceptors (Lipinski definition) is 5. The average molecular weight is 448 g/mol. The van der Waals surface area contributed by atoms with Gasteiger partial charge in [0.05, 0.1) is 23.1 Å². The van der Waals surface area contributed by atoms with Gasteiger partial charge in [-0.1, -0.05) is 19.1 Å². The summed E-state index contributed by atoms with van der Waals surface area (Å²) in [5.41, 5.74) is 3.51. The molecule has 0 spiro atoms. The molecule has 1 aromatic carbocycles. The van der Waals surface area contributed by atoms with Crippen LogP contribution in [-0.4, -0.2) is 32.9 Å². The van der Waals surface area contributed by atoms with Gasteiger partial charge in [-0.2, -0.15) is 0 Å². The fourth-order valence-corrected chi connectivity index (χ4v) is 4.44. The first-order chi connectivity index (χ1) is 15.5. The Morgan fingerprint density at radius 2 is 2.06 bits per heavy atom. The lowest BCUT2D eigenvalue weighted by Gasteiger charge is -2.13. The minimum atomic E-state index is -0.195. The zero-order chi connectivity index (χ0) is 22.5. The minimum absolute atomic E-state index is 0.186. The number of nitrogens with zero attached hydrogens (tertiary/aromatic N) is 3. The van der Waals surface area contributed by atoms with E-state index in [2.05, 4.69) is 26.3 Å². The molecule has 0 saturated carbocycles. The van der Waals surface area contributed by atoms with Crippen molar-refractivity contribution >= 4 is 39.9 Å². The Balaban J connectivity index is 1.73. The molecule has 2 amide bonds. The molecule has 0 saturated heterocycles. The molecular formula is C24H25N5O2S. The molecule has 164 valence electrons. The number of aryl methyl sites for hydroxylation is 1. The van der Waals surface area contributed by atoms with Gasteiger partial charge in [0, 0.05) is 42.8 Å². The van der Waals surface area contributed by atoms with Crippen molar-refractivity contribution in [3.8, 4) is 0 Å². The van der Waals surface area contributed by atoms with E-state index in [1.165, 1.54) is 11.8 Å². The van der Waals surface area contributed by atoms with Crippen molar-refractivity contribution < 1.29 is 9.59 Å². The van der Waals surface area contributed by atoms with Crippen LogP contribution in [0, 0.1) is 0 Å². The predicted octanol–water partition coefficient (Wildman–Crippen LogP) is 4.03. The van der Waals surface area contributed by atoms with Gasteiger partial charge in [0.25, 0.3) is 5.91 Å². The first-order valence-electron chi connectivity index (χ1n) is 10.6. The third kappa shape index (κ3) is 4.86. The number of aromatic nitrogens is 3. The number of anilines is 1. The smallest absolute Gasteiger partial charge is 0.253 e. The number of nitrogens with one attached hydrogen (secondary N) is 2. The standard InChI is InChI=1S/C24H25N5O2S/c1-3-22-28-21-13-18(27-16(2)30)12-20(24(31)26-10-8-19-7-5-11-32-19)23(21)29(22)15-17-6-4-9-25-14-17/h4-7,9,11-14H,3,8,10,15H2,1-2H3,(H,26,31)(H,27,30). The lowest BCUT2D eigenvalue weighted by molar-refractivity contribution is -0.114. The number of rotatable bonds is 8. The van der Waals surface area contributed by atoms with E-state index in [4.69, 9.17) is 4.98 Å². The number of pyridine rings is 1. The van der Waals surface area contributed by atoms with Gasteiger partial charge in [0.15, 0.2) is 0 Å². The monoisotopic (exact) mass is 447 g/mol. The number of benzene rings is 1. The Morgan fingerprint density at radius 3 is 2.75 bits per heavy atom. The molecule has 0 aliphatic carbocycles. The molecule has 32 heavy (non-hydrogen) atoms. The van der Waals surface area contributed by atoms with Crippen LogP contribution in [0.15, 0.2) is 54.2 Å². The number of fused-ring (bicyclic) bond motifs is 1. The summed E-state index contributed by atoms with van der Waals surface area (Å²) in [7, 11) is 0. The van der Waals surface area contributed by atoms with E-state index in [0.29, 0.717) is 36.3 Å². The second-order valence-corrected chi connectivity index (χ2v) is 8.52. The number of hydrogen-bond donors (Lipinski definition) is 2. The quantitative estimate of drug-likeness (QED) is 0.427. The Hall–Kier alpha value is -3.52. The van der Waals surface area contributed by atoms with Crippen molar-refractivity contribution in [2.75, 3.05) is 11.9 Å². The van der Waals surface area contributed by atoms with E-state index in [0.717, 1.165) is 23.3 Å². The summed E-state index contributed by atoms with van der Waals surface area (Å²) in [6, 6.07) is 11.5. The highest BCUT2D eigenvalue weighted by atomic mass is 32.1. The molecule has 3 aromatic heterocycles. The molecule has 4 aromatic rings. The molecule has 3 heterocycles. The summed E-state index contributed by atoms with van der Waals surface area (Å²) in [4.78, 5) is 35.1. The molecule has 0 radical (unpaired) electrons. The third-order valence-electron chi connectivity index (χ3n) is 5.10. The second kappa shape index (κ2) is 9.74. The zero-order valence-corrected chi connectivity index (χ0v) is 18.9. The van der Waals surface area contributed by atoms with Gasteiger partial charge in [-0.05, 0) is 41.6 Å². The van der Waals surface area contributed by atoms with Crippen molar-refractivity contribution in [1.29, 1.82) is 0 Å².